The minimum Gasteiger partial charge on any atom is -0.412 e. The second-order valence-electron chi connectivity index (χ2n) is 3.36. The summed E-state index contributed by atoms with van der Waals surface area (Å²) in [7, 11) is 1.62. The molecule has 1 aromatic rings. The minimum absolute atomic E-state index is 0. The number of aromatic nitrogens is 1. The van der Waals surface area contributed by atoms with Gasteiger partial charge in [0.25, 0.3) is 0 Å². The van der Waals surface area contributed by atoms with Crippen molar-refractivity contribution in [3.05, 3.63) is 34.2 Å². The Kier molecular flexibility index (Phi) is 7.25. The van der Waals surface area contributed by atoms with Crippen molar-refractivity contribution >= 4 is 5.97 Å². The average Bonchev–Trinajstić information content (AvgIpc) is 2.27. The number of pyridine rings is 1. The van der Waals surface area contributed by atoms with Crippen molar-refractivity contribution in [1.29, 1.82) is 0 Å². The molecule has 0 saturated heterocycles. The molecule has 0 bridgehead atoms. The summed E-state index contributed by atoms with van der Waals surface area (Å²) in [4.78, 5) is 22.2. The molecular weight excluding hydrogens is 415 g/mol. The van der Waals surface area contributed by atoms with Gasteiger partial charge >= 0.3 is 109 Å². The molecule has 0 aliphatic heterocycles. The first-order valence-corrected chi connectivity index (χ1v) is 8.73. The average molecular weight is 429 g/mol. The van der Waals surface area contributed by atoms with E-state index in [0.29, 0.717) is 32.7 Å². The summed E-state index contributed by atoms with van der Waals surface area (Å²) in [6.45, 7) is 0.485. The normalized spacial score (nSPS) is 11.7. The molecule has 1 atom stereocenters. The molecule has 0 amide bonds. The largest absolute Gasteiger partial charge is 0.412 e. The Morgan fingerprint density at radius 3 is 2.71 bits per heavy atom. The summed E-state index contributed by atoms with van der Waals surface area (Å²) in [5.41, 5.74) is -0.284. The molecule has 0 aliphatic carbocycles. The van der Waals surface area contributed by atoms with Crippen LogP contribution in [0.15, 0.2) is 23.1 Å². The number of rotatable bonds is 5. The van der Waals surface area contributed by atoms with Gasteiger partial charge in [-0.25, -0.2) is 0 Å². The number of nitrogens with zero attached hydrogens (tertiary/aromatic N) is 1. The fourth-order valence-corrected chi connectivity index (χ4v) is 2.92. The number of aromatic carboxylic acids is 1. The predicted molar refractivity (Wildman–Crippen MR) is 56.9 cm³/mol. The summed E-state index contributed by atoms with van der Waals surface area (Å²) in [5, 5.41) is 8.71. The molecule has 17 heavy (non-hydrogen) atoms. The molecule has 0 radical (unpaired) electrons. The zero-order valence-corrected chi connectivity index (χ0v) is 15.0. The van der Waals surface area contributed by atoms with Gasteiger partial charge in [-0.05, 0) is 0 Å². The third-order valence-electron chi connectivity index (χ3n) is 2.30. The molecule has 0 fully saturated rings. The van der Waals surface area contributed by atoms with Gasteiger partial charge in [-0.3, -0.25) is 0 Å². The Labute approximate surface area is 114 Å². The number of hydrogen-bond acceptors (Lipinski definition) is 3. The standard InChI is InChI=1S/C10H12NO4.Hg.H2O/c1-7(15-2)6-11-4-3-8(10(13)14)5-9(11)12;;/h3-5,7H,1,6H2,2H3,(H,13,14);;1H2. The van der Waals surface area contributed by atoms with Crippen molar-refractivity contribution in [1.82, 2.24) is 4.57 Å². The van der Waals surface area contributed by atoms with E-state index in [0.717, 1.165) is 10.00 Å². The number of carbonyl (C=O) groups is 1. The summed E-state index contributed by atoms with van der Waals surface area (Å²) in [5.74, 6) is -1.08. The molecule has 91 valence electrons. The van der Waals surface area contributed by atoms with Gasteiger partial charge in [0.05, 0.1) is 0 Å². The molecule has 0 aromatic carbocycles. The molecule has 1 rings (SSSR count). The van der Waals surface area contributed by atoms with Gasteiger partial charge in [0.15, 0.2) is 0 Å². The maximum Gasteiger partial charge on any atom is -0.412 e. The minimum atomic E-state index is -1.08. The third kappa shape index (κ3) is 4.57. The molecular formula is C10H14HgNO5. The van der Waals surface area contributed by atoms with E-state index in [9.17, 15) is 9.59 Å². The van der Waals surface area contributed by atoms with Crippen LogP contribution in [-0.2, 0) is 37.4 Å². The topological polar surface area (TPSA) is 100 Å². The van der Waals surface area contributed by atoms with Crippen molar-refractivity contribution in [3.8, 4) is 0 Å². The molecule has 3 N–H and O–H groups in total. The van der Waals surface area contributed by atoms with Crippen molar-refractivity contribution in [2.24, 2.45) is 0 Å². The number of ether oxygens (including phenoxy) is 1. The number of hydrogen-bond donors (Lipinski definition) is 1. The second-order valence-corrected chi connectivity index (χ2v) is 5.60. The maximum absolute atomic E-state index is 11.6. The third-order valence-corrected chi connectivity index (χ3v) is 4.80. The number of carboxylic acid groups (broad SMARTS) is 1. The molecule has 0 spiro atoms. The van der Waals surface area contributed by atoms with Gasteiger partial charge in [0.2, 0.25) is 0 Å². The molecule has 7 heteroatoms. The predicted octanol–water partition coefficient (Wildman–Crippen LogP) is -0.298. The molecule has 1 heterocycles. The van der Waals surface area contributed by atoms with E-state index < -0.39 is 5.97 Å². The zero-order chi connectivity index (χ0) is 12.1. The first-order chi connectivity index (χ1) is 7.58. The summed E-state index contributed by atoms with van der Waals surface area (Å²) in [6, 6.07) is 2.56. The van der Waals surface area contributed by atoms with Crippen LogP contribution in [0.4, 0.5) is 0 Å². The van der Waals surface area contributed by atoms with Crippen LogP contribution in [-0.4, -0.2) is 34.3 Å². The Morgan fingerprint density at radius 1 is 1.65 bits per heavy atom. The quantitative estimate of drug-likeness (QED) is 0.651. The molecule has 6 nitrogen and oxygen atoms in total. The summed E-state index contributed by atoms with van der Waals surface area (Å²) >= 11 is 0.617. The van der Waals surface area contributed by atoms with Crippen LogP contribution in [0.5, 0.6) is 0 Å². The van der Waals surface area contributed by atoms with E-state index >= 15 is 0 Å². The fraction of sp³-hybridized carbons (Fsp3) is 0.400. The van der Waals surface area contributed by atoms with Gasteiger partial charge < -0.3 is 5.48 Å². The van der Waals surface area contributed by atoms with Crippen LogP contribution < -0.4 is 5.56 Å². The van der Waals surface area contributed by atoms with E-state index in [1.165, 1.54) is 16.8 Å². The van der Waals surface area contributed by atoms with Crippen molar-refractivity contribution in [2.75, 3.05) is 7.11 Å². The second kappa shape index (κ2) is 7.57. The number of methoxy groups -OCH3 is 1. The summed E-state index contributed by atoms with van der Waals surface area (Å²) < 4.78 is 7.68. The summed E-state index contributed by atoms with van der Waals surface area (Å²) in [6.07, 6.45) is 1.55. The fourth-order valence-electron chi connectivity index (χ4n) is 1.29. The van der Waals surface area contributed by atoms with Gasteiger partial charge in [0, 0.05) is 0 Å². The Bertz CT molecular complexity index is 427. The van der Waals surface area contributed by atoms with Gasteiger partial charge in [0.1, 0.15) is 0 Å². The maximum atomic E-state index is 11.6. The van der Waals surface area contributed by atoms with Crippen LogP contribution in [0, 0.1) is 0 Å². The van der Waals surface area contributed by atoms with E-state index in [4.69, 9.17) is 9.84 Å². The van der Waals surface area contributed by atoms with Crippen molar-refractivity contribution in [2.45, 2.75) is 16.6 Å². The van der Waals surface area contributed by atoms with E-state index in [-0.39, 0.29) is 22.7 Å². The van der Waals surface area contributed by atoms with Gasteiger partial charge in [-0.1, -0.05) is 0 Å². The van der Waals surface area contributed by atoms with Crippen LogP contribution in [0.25, 0.3) is 0 Å². The van der Waals surface area contributed by atoms with E-state index in [1.807, 2.05) is 0 Å². The Morgan fingerprint density at radius 2 is 2.29 bits per heavy atom. The van der Waals surface area contributed by atoms with Crippen molar-refractivity contribution < 1.29 is 46.2 Å². The van der Waals surface area contributed by atoms with Crippen LogP contribution >= 0.6 is 0 Å². The molecule has 0 saturated carbocycles. The van der Waals surface area contributed by atoms with Crippen molar-refractivity contribution in [3.63, 3.8) is 0 Å². The Balaban J connectivity index is 0.00000256. The SMILES string of the molecule is COC([CH2][Hg])Cn1ccc(C(=O)O)cc1=O.O. The first-order valence-electron chi connectivity index (χ1n) is 4.84. The first kappa shape index (κ1) is 16.3. The smallest absolute Gasteiger partial charge is 0.412 e. The molecule has 1 aromatic heterocycles. The monoisotopic (exact) mass is 430 g/mol. The van der Waals surface area contributed by atoms with Crippen LogP contribution in [0.3, 0.4) is 0 Å². The van der Waals surface area contributed by atoms with E-state index in [2.05, 4.69) is 0 Å². The van der Waals surface area contributed by atoms with Crippen LogP contribution in [0.1, 0.15) is 10.4 Å². The van der Waals surface area contributed by atoms with Gasteiger partial charge in [-0.15, -0.1) is 0 Å². The number of carboxylic acids is 1. The molecule has 0 aliphatic rings. The van der Waals surface area contributed by atoms with Gasteiger partial charge in [-0.2, -0.15) is 0 Å². The Hall–Kier alpha value is -0.725. The zero-order valence-electron chi connectivity index (χ0n) is 9.55. The van der Waals surface area contributed by atoms with Crippen LogP contribution in [0.2, 0.25) is 3.93 Å². The van der Waals surface area contributed by atoms with E-state index in [1.54, 1.807) is 7.11 Å². The molecule has 1 unspecified atom stereocenters.